The van der Waals surface area contributed by atoms with E-state index in [4.69, 9.17) is 4.42 Å². The van der Waals surface area contributed by atoms with Crippen LogP contribution in [0.25, 0.3) is 11.0 Å². The largest absolute Gasteiger partial charge is 0.444 e. The number of likely N-dealkylation sites (tertiary alicyclic amines) is 1. The number of piperidine rings is 1. The summed E-state index contributed by atoms with van der Waals surface area (Å²) in [6.07, 6.45) is 6.33. The molecule has 0 atom stereocenters. The van der Waals surface area contributed by atoms with E-state index in [1.807, 2.05) is 6.07 Å². The average molecular weight is 296 g/mol. The number of nitrogens with zero attached hydrogens (tertiary/aromatic N) is 3. The van der Waals surface area contributed by atoms with E-state index in [1.165, 1.54) is 0 Å². The van der Waals surface area contributed by atoms with Crippen molar-refractivity contribution >= 4 is 16.8 Å². The minimum absolute atomic E-state index is 0.355. The molecule has 5 nitrogen and oxygen atoms in total. The second kappa shape index (κ2) is 6.20. The quantitative estimate of drug-likeness (QED) is 0.879. The summed E-state index contributed by atoms with van der Waals surface area (Å²) in [5.41, 5.74) is 1.55. The third kappa shape index (κ3) is 2.83. The molecular formula is C17H20N4O. The SMILES string of the molecule is C=CCc1c(C#N)oc2cnc(NC3CCN(C)CC3)cc12. The third-order valence-corrected chi connectivity index (χ3v) is 4.20. The van der Waals surface area contributed by atoms with Crippen LogP contribution >= 0.6 is 0 Å². The van der Waals surface area contributed by atoms with Gasteiger partial charge in [-0.15, -0.1) is 6.58 Å². The fourth-order valence-electron chi connectivity index (χ4n) is 2.93. The van der Waals surface area contributed by atoms with Crippen LogP contribution < -0.4 is 5.32 Å². The molecule has 0 unspecified atom stereocenters. The van der Waals surface area contributed by atoms with Gasteiger partial charge in [0.05, 0.1) is 6.20 Å². The monoisotopic (exact) mass is 296 g/mol. The number of anilines is 1. The Morgan fingerprint density at radius 1 is 1.55 bits per heavy atom. The summed E-state index contributed by atoms with van der Waals surface area (Å²) in [5, 5.41) is 13.6. The highest BCUT2D eigenvalue weighted by atomic mass is 16.3. The van der Waals surface area contributed by atoms with Gasteiger partial charge in [0.25, 0.3) is 0 Å². The third-order valence-electron chi connectivity index (χ3n) is 4.20. The predicted molar refractivity (Wildman–Crippen MR) is 86.8 cm³/mol. The Bertz CT molecular complexity index is 720. The molecule has 3 rings (SSSR count). The predicted octanol–water partition coefficient (Wildman–Crippen LogP) is 2.93. The number of aromatic nitrogens is 1. The van der Waals surface area contributed by atoms with Gasteiger partial charge < -0.3 is 14.6 Å². The van der Waals surface area contributed by atoms with Crippen LogP contribution in [0, 0.1) is 11.3 Å². The molecule has 0 saturated carbocycles. The molecule has 2 aromatic rings. The molecule has 1 fully saturated rings. The number of rotatable bonds is 4. The Morgan fingerprint density at radius 2 is 2.32 bits per heavy atom. The zero-order valence-corrected chi connectivity index (χ0v) is 12.8. The van der Waals surface area contributed by atoms with Gasteiger partial charge in [0.1, 0.15) is 11.9 Å². The molecule has 0 bridgehead atoms. The molecule has 1 N–H and O–H groups in total. The van der Waals surface area contributed by atoms with Crippen molar-refractivity contribution in [2.24, 2.45) is 0 Å². The average Bonchev–Trinajstić information content (AvgIpc) is 2.88. The first-order valence-corrected chi connectivity index (χ1v) is 7.58. The Hall–Kier alpha value is -2.32. The Labute approximate surface area is 130 Å². The van der Waals surface area contributed by atoms with Crippen LogP contribution in [0.1, 0.15) is 24.2 Å². The van der Waals surface area contributed by atoms with E-state index in [0.717, 1.165) is 42.7 Å². The minimum atomic E-state index is 0.355. The summed E-state index contributed by atoms with van der Waals surface area (Å²) in [7, 11) is 2.15. The van der Waals surface area contributed by atoms with Crippen LogP contribution in [-0.2, 0) is 6.42 Å². The van der Waals surface area contributed by atoms with Crippen molar-refractivity contribution < 1.29 is 4.42 Å². The van der Waals surface area contributed by atoms with E-state index in [0.29, 0.717) is 23.8 Å². The van der Waals surface area contributed by atoms with Gasteiger partial charge in [0.15, 0.2) is 5.58 Å². The lowest BCUT2D eigenvalue weighted by molar-refractivity contribution is 0.263. The number of pyridine rings is 1. The second-order valence-corrected chi connectivity index (χ2v) is 5.80. The van der Waals surface area contributed by atoms with E-state index < -0.39 is 0 Å². The summed E-state index contributed by atoms with van der Waals surface area (Å²) in [5.74, 6) is 1.20. The minimum Gasteiger partial charge on any atom is -0.444 e. The lowest BCUT2D eigenvalue weighted by atomic mass is 10.1. The molecule has 5 heteroatoms. The van der Waals surface area contributed by atoms with Gasteiger partial charge in [-0.1, -0.05) is 6.08 Å². The summed E-state index contributed by atoms with van der Waals surface area (Å²) >= 11 is 0. The zero-order chi connectivity index (χ0) is 15.5. The smallest absolute Gasteiger partial charge is 0.208 e. The molecule has 0 spiro atoms. The van der Waals surface area contributed by atoms with Crippen LogP contribution in [-0.4, -0.2) is 36.1 Å². The first-order valence-electron chi connectivity index (χ1n) is 7.58. The van der Waals surface area contributed by atoms with Crippen molar-refractivity contribution in [2.75, 3.05) is 25.5 Å². The van der Waals surface area contributed by atoms with E-state index in [9.17, 15) is 5.26 Å². The van der Waals surface area contributed by atoms with Crippen LogP contribution in [0.4, 0.5) is 5.82 Å². The van der Waals surface area contributed by atoms with E-state index in [-0.39, 0.29) is 0 Å². The van der Waals surface area contributed by atoms with Crippen LogP contribution in [0.3, 0.4) is 0 Å². The second-order valence-electron chi connectivity index (χ2n) is 5.80. The summed E-state index contributed by atoms with van der Waals surface area (Å²) in [6, 6.07) is 4.54. The number of hydrogen-bond acceptors (Lipinski definition) is 5. The molecule has 1 aliphatic heterocycles. The number of allylic oxidation sites excluding steroid dienone is 1. The van der Waals surface area contributed by atoms with Gasteiger partial charge in [-0.2, -0.15) is 5.26 Å². The molecule has 22 heavy (non-hydrogen) atoms. The van der Waals surface area contributed by atoms with E-state index in [2.05, 4.69) is 34.9 Å². The van der Waals surface area contributed by atoms with Crippen molar-refractivity contribution in [2.45, 2.75) is 25.3 Å². The van der Waals surface area contributed by atoms with Gasteiger partial charge in [-0.25, -0.2) is 4.98 Å². The Balaban J connectivity index is 1.87. The molecule has 114 valence electrons. The summed E-state index contributed by atoms with van der Waals surface area (Å²) in [6.45, 7) is 5.96. The highest BCUT2D eigenvalue weighted by Crippen LogP contribution is 2.28. The van der Waals surface area contributed by atoms with Crippen LogP contribution in [0.2, 0.25) is 0 Å². The first-order chi connectivity index (χ1) is 10.7. The van der Waals surface area contributed by atoms with Crippen molar-refractivity contribution in [1.29, 1.82) is 5.26 Å². The van der Waals surface area contributed by atoms with Crippen molar-refractivity contribution in [3.05, 3.63) is 36.2 Å². The number of fused-ring (bicyclic) bond motifs is 1. The highest BCUT2D eigenvalue weighted by Gasteiger charge is 2.18. The van der Waals surface area contributed by atoms with Crippen LogP contribution in [0.15, 0.2) is 29.3 Å². The van der Waals surface area contributed by atoms with Gasteiger partial charge >= 0.3 is 0 Å². The number of furan rings is 1. The van der Waals surface area contributed by atoms with E-state index in [1.54, 1.807) is 12.3 Å². The lowest BCUT2D eigenvalue weighted by Crippen LogP contribution is -2.36. The maximum absolute atomic E-state index is 9.18. The number of hydrogen-bond donors (Lipinski definition) is 1. The van der Waals surface area contributed by atoms with Crippen molar-refractivity contribution in [1.82, 2.24) is 9.88 Å². The molecular weight excluding hydrogens is 276 g/mol. The van der Waals surface area contributed by atoms with Crippen molar-refractivity contribution in [3.8, 4) is 6.07 Å². The lowest BCUT2D eigenvalue weighted by Gasteiger charge is -2.29. The molecule has 3 heterocycles. The highest BCUT2D eigenvalue weighted by molar-refractivity contribution is 5.85. The molecule has 2 aromatic heterocycles. The van der Waals surface area contributed by atoms with Gasteiger partial charge in [0, 0.05) is 17.0 Å². The molecule has 0 radical (unpaired) electrons. The maximum Gasteiger partial charge on any atom is 0.208 e. The fraction of sp³-hybridized carbons (Fsp3) is 0.412. The topological polar surface area (TPSA) is 65.1 Å². The zero-order valence-electron chi connectivity index (χ0n) is 12.8. The number of nitriles is 1. The van der Waals surface area contributed by atoms with E-state index >= 15 is 0 Å². The molecule has 0 aromatic carbocycles. The number of nitrogens with one attached hydrogen (secondary N) is 1. The Morgan fingerprint density at radius 3 is 3.00 bits per heavy atom. The fourth-order valence-corrected chi connectivity index (χ4v) is 2.93. The normalized spacial score (nSPS) is 16.5. The molecule has 1 saturated heterocycles. The van der Waals surface area contributed by atoms with Gasteiger partial charge in [0.2, 0.25) is 5.76 Å². The molecule has 1 aliphatic rings. The standard InChI is InChI=1S/C17H20N4O/c1-3-4-13-14-9-17(19-11-16(14)22-15(13)10-18)20-12-5-7-21(2)8-6-12/h3,9,11-12H,1,4-8H2,2H3,(H,19,20). The molecule has 0 amide bonds. The maximum atomic E-state index is 9.18. The van der Waals surface area contributed by atoms with Crippen molar-refractivity contribution in [3.63, 3.8) is 0 Å². The molecule has 0 aliphatic carbocycles. The first kappa shape index (κ1) is 14.6. The van der Waals surface area contributed by atoms with Gasteiger partial charge in [-0.05, 0) is 45.5 Å². The Kier molecular flexibility index (Phi) is 4.12. The van der Waals surface area contributed by atoms with Gasteiger partial charge in [-0.3, -0.25) is 0 Å². The van der Waals surface area contributed by atoms with Crippen LogP contribution in [0.5, 0.6) is 0 Å². The summed E-state index contributed by atoms with van der Waals surface area (Å²) < 4.78 is 5.55. The summed E-state index contributed by atoms with van der Waals surface area (Å²) in [4.78, 5) is 6.75.